The topological polar surface area (TPSA) is 101 Å². The van der Waals surface area contributed by atoms with Gasteiger partial charge in [0, 0.05) is 19.5 Å². The van der Waals surface area contributed by atoms with E-state index in [4.69, 9.17) is 0 Å². The Hall–Kier alpha value is -1.91. The molecule has 3 heterocycles. The highest BCUT2D eigenvalue weighted by Crippen LogP contribution is 2.17. The van der Waals surface area contributed by atoms with Gasteiger partial charge in [-0.15, -0.1) is 15.3 Å². The van der Waals surface area contributed by atoms with Gasteiger partial charge in [0.15, 0.2) is 5.69 Å². The molecule has 1 unspecified atom stereocenters. The lowest BCUT2D eigenvalue weighted by Gasteiger charge is -2.22. The average Bonchev–Trinajstić information content (AvgIpc) is 3.23. The second-order valence-electron chi connectivity index (χ2n) is 6.55. The molecule has 0 bridgehead atoms. The Morgan fingerprint density at radius 1 is 1.44 bits per heavy atom. The zero-order chi connectivity index (χ0) is 17.6. The van der Waals surface area contributed by atoms with Gasteiger partial charge in [-0.2, -0.15) is 0 Å². The molecule has 9 nitrogen and oxygen atoms in total. The molecule has 1 atom stereocenters. The van der Waals surface area contributed by atoms with Crippen molar-refractivity contribution in [2.24, 2.45) is 5.92 Å². The van der Waals surface area contributed by atoms with Crippen LogP contribution in [-0.4, -0.2) is 69.7 Å². The van der Waals surface area contributed by atoms with Crippen LogP contribution in [0.25, 0.3) is 0 Å². The number of hydrogen-bond acceptors (Lipinski definition) is 8. The number of carbonyl (C=O) groups excluding carboxylic acids is 1. The van der Waals surface area contributed by atoms with E-state index < -0.39 is 0 Å². The number of carbonyl (C=O) groups is 1. The number of piperidine rings is 1. The molecule has 0 radical (unpaired) electrons. The first-order valence-electron chi connectivity index (χ1n) is 8.49. The lowest BCUT2D eigenvalue weighted by Crippen LogP contribution is -2.32. The Balaban J connectivity index is 1.53. The minimum Gasteiger partial charge on any atom is -0.316 e. The summed E-state index contributed by atoms with van der Waals surface area (Å²) < 4.78 is 1.75. The van der Waals surface area contributed by atoms with Crippen molar-refractivity contribution < 1.29 is 4.79 Å². The van der Waals surface area contributed by atoms with E-state index in [1.807, 2.05) is 14.1 Å². The summed E-state index contributed by atoms with van der Waals surface area (Å²) in [5, 5.41) is 23.7. The van der Waals surface area contributed by atoms with Crippen LogP contribution in [0.15, 0.2) is 6.20 Å². The smallest absolute Gasteiger partial charge is 0.279 e. The quantitative estimate of drug-likeness (QED) is 0.737. The highest BCUT2D eigenvalue weighted by molar-refractivity contribution is 7.15. The summed E-state index contributed by atoms with van der Waals surface area (Å²) in [4.78, 5) is 14.4. The zero-order valence-corrected chi connectivity index (χ0v) is 15.4. The molecule has 1 aliphatic heterocycles. The maximum absolute atomic E-state index is 12.3. The first-order valence-corrected chi connectivity index (χ1v) is 9.31. The van der Waals surface area contributed by atoms with Gasteiger partial charge >= 0.3 is 0 Å². The second-order valence-corrected chi connectivity index (χ2v) is 7.61. The first-order chi connectivity index (χ1) is 12.1. The van der Waals surface area contributed by atoms with Gasteiger partial charge < -0.3 is 10.2 Å². The Morgan fingerprint density at radius 2 is 2.32 bits per heavy atom. The van der Waals surface area contributed by atoms with Crippen LogP contribution in [0.1, 0.15) is 28.3 Å². The number of nitrogens with one attached hydrogen (secondary N) is 2. The molecule has 1 saturated heterocycles. The minimum atomic E-state index is -0.302. The van der Waals surface area contributed by atoms with Crippen LogP contribution >= 0.6 is 11.3 Å². The van der Waals surface area contributed by atoms with Crippen LogP contribution in [0.3, 0.4) is 0 Å². The fourth-order valence-corrected chi connectivity index (χ4v) is 3.45. The molecule has 3 rings (SSSR count). The summed E-state index contributed by atoms with van der Waals surface area (Å²) in [5.41, 5.74) is 0.300. The number of aromatic nitrogens is 5. The normalized spacial score (nSPS) is 17.8. The molecular weight excluding hydrogens is 340 g/mol. The van der Waals surface area contributed by atoms with Crippen LogP contribution in [0.5, 0.6) is 0 Å². The summed E-state index contributed by atoms with van der Waals surface area (Å²) in [7, 11) is 4.02. The molecule has 2 N–H and O–H groups in total. The van der Waals surface area contributed by atoms with Crippen molar-refractivity contribution in [1.82, 2.24) is 35.4 Å². The summed E-state index contributed by atoms with van der Waals surface area (Å²) >= 11 is 1.39. The third-order valence-corrected chi connectivity index (χ3v) is 4.97. The van der Waals surface area contributed by atoms with Crippen LogP contribution in [0, 0.1) is 5.92 Å². The summed E-state index contributed by atoms with van der Waals surface area (Å²) in [5.74, 6) is 0.233. The fourth-order valence-electron chi connectivity index (χ4n) is 2.72. The van der Waals surface area contributed by atoms with Gasteiger partial charge in [0.25, 0.3) is 5.91 Å². The Bertz CT molecular complexity index is 691. The third-order valence-electron chi connectivity index (χ3n) is 4.08. The van der Waals surface area contributed by atoms with Crippen LogP contribution in [-0.2, 0) is 13.0 Å². The largest absolute Gasteiger partial charge is 0.316 e. The standard InChI is InChI=1S/C15H24N8OS/c1-22(2)7-5-13-19-20-15(25-13)17-14(24)12-10-23(21-18-12)9-11-4-3-6-16-8-11/h10-11,16H,3-9H2,1-2H3,(H,17,20,24). The molecule has 1 amide bonds. The number of anilines is 1. The van der Waals surface area contributed by atoms with Gasteiger partial charge in [-0.1, -0.05) is 16.6 Å². The molecule has 136 valence electrons. The molecule has 25 heavy (non-hydrogen) atoms. The highest BCUT2D eigenvalue weighted by Gasteiger charge is 2.17. The Kier molecular flexibility index (Phi) is 6.05. The number of amides is 1. The Labute approximate surface area is 150 Å². The lowest BCUT2D eigenvalue weighted by atomic mass is 10.00. The van der Waals surface area contributed by atoms with Crippen LogP contribution < -0.4 is 10.6 Å². The van der Waals surface area contributed by atoms with Gasteiger partial charge in [-0.25, -0.2) is 0 Å². The van der Waals surface area contributed by atoms with Gasteiger partial charge in [0.05, 0.1) is 6.20 Å². The molecule has 1 fully saturated rings. The van der Waals surface area contributed by atoms with Crippen molar-refractivity contribution in [3.05, 3.63) is 16.9 Å². The Morgan fingerprint density at radius 3 is 3.08 bits per heavy atom. The van der Waals surface area contributed by atoms with E-state index in [0.717, 1.165) is 37.6 Å². The summed E-state index contributed by atoms with van der Waals surface area (Å²) in [6.07, 6.45) is 4.86. The van der Waals surface area contributed by atoms with E-state index in [9.17, 15) is 4.79 Å². The molecule has 0 saturated carbocycles. The van der Waals surface area contributed by atoms with Gasteiger partial charge in [0.2, 0.25) is 5.13 Å². The predicted molar refractivity (Wildman–Crippen MR) is 95.7 cm³/mol. The molecule has 0 aliphatic carbocycles. The average molecular weight is 364 g/mol. The molecular formula is C15H24N8OS. The van der Waals surface area contributed by atoms with Crippen molar-refractivity contribution in [1.29, 1.82) is 0 Å². The molecule has 10 heteroatoms. The van der Waals surface area contributed by atoms with E-state index >= 15 is 0 Å². The first kappa shape index (κ1) is 17.9. The summed E-state index contributed by atoms with van der Waals surface area (Å²) in [6.45, 7) is 3.75. The fraction of sp³-hybridized carbons (Fsp3) is 0.667. The van der Waals surface area contributed by atoms with Gasteiger partial charge in [-0.05, 0) is 45.9 Å². The van der Waals surface area contributed by atoms with Crippen molar-refractivity contribution in [3.63, 3.8) is 0 Å². The van der Waals surface area contributed by atoms with E-state index in [-0.39, 0.29) is 5.91 Å². The predicted octanol–water partition coefficient (Wildman–Crippen LogP) is 0.486. The SMILES string of the molecule is CN(C)CCc1nnc(NC(=O)c2cn(CC3CCCNC3)nn2)s1. The van der Waals surface area contributed by atoms with Crippen molar-refractivity contribution in [3.8, 4) is 0 Å². The van der Waals surface area contributed by atoms with Crippen LogP contribution in [0.2, 0.25) is 0 Å². The monoisotopic (exact) mass is 364 g/mol. The van der Waals surface area contributed by atoms with E-state index in [1.165, 1.54) is 24.2 Å². The van der Waals surface area contributed by atoms with Crippen LogP contribution in [0.4, 0.5) is 5.13 Å². The molecule has 2 aromatic rings. The highest BCUT2D eigenvalue weighted by atomic mass is 32.1. The number of hydrogen-bond donors (Lipinski definition) is 2. The molecule has 2 aromatic heterocycles. The minimum absolute atomic E-state index is 0.300. The maximum Gasteiger partial charge on any atom is 0.279 e. The maximum atomic E-state index is 12.3. The zero-order valence-electron chi connectivity index (χ0n) is 14.6. The van der Waals surface area contributed by atoms with E-state index in [1.54, 1.807) is 10.9 Å². The van der Waals surface area contributed by atoms with Gasteiger partial charge in [0.1, 0.15) is 5.01 Å². The lowest BCUT2D eigenvalue weighted by molar-refractivity contribution is 0.102. The number of likely N-dealkylation sites (N-methyl/N-ethyl adjacent to an activating group) is 1. The summed E-state index contributed by atoms with van der Waals surface area (Å²) in [6, 6.07) is 0. The number of rotatable bonds is 7. The van der Waals surface area contributed by atoms with E-state index in [2.05, 4.69) is 36.0 Å². The van der Waals surface area contributed by atoms with Crippen molar-refractivity contribution in [2.45, 2.75) is 25.8 Å². The second kappa shape index (κ2) is 8.45. The van der Waals surface area contributed by atoms with Crippen molar-refractivity contribution in [2.75, 3.05) is 39.0 Å². The molecule has 0 spiro atoms. The van der Waals surface area contributed by atoms with Crippen molar-refractivity contribution >= 4 is 22.4 Å². The van der Waals surface area contributed by atoms with Gasteiger partial charge in [-0.3, -0.25) is 14.8 Å². The molecule has 0 aromatic carbocycles. The third kappa shape index (κ3) is 5.28. The molecule has 1 aliphatic rings. The number of nitrogens with zero attached hydrogens (tertiary/aromatic N) is 6. The van der Waals surface area contributed by atoms with E-state index in [0.29, 0.717) is 16.7 Å².